The van der Waals surface area contributed by atoms with Crippen LogP contribution in [0.15, 0.2) is 48.1 Å². The van der Waals surface area contributed by atoms with Crippen LogP contribution in [-0.2, 0) is 23.0 Å². The number of rotatable bonds is 7. The lowest BCUT2D eigenvalue weighted by Gasteiger charge is -2.31. The van der Waals surface area contributed by atoms with Crippen molar-refractivity contribution >= 4 is 44.0 Å². The van der Waals surface area contributed by atoms with Crippen LogP contribution in [0.2, 0.25) is 0 Å². The standard InChI is InChI=1S/C25H27F2N5O4S/c26-24(27)16-8-11-31(12-9-16)21-15-17(30-37(35,36)14-13-33)6-7-18(21)25(34)28-19-3-1-4-20-23(19)29-22-5-2-10-32(20)22/h1,3-4,6-7,15,30,33H,2,5,8-14H2,(H,28,34). The molecule has 37 heavy (non-hydrogen) atoms. The van der Waals surface area contributed by atoms with Gasteiger partial charge in [-0.15, -0.1) is 0 Å². The molecule has 0 bridgehead atoms. The number of amides is 1. The number of para-hydroxylation sites is 1. The lowest BCUT2D eigenvalue weighted by molar-refractivity contribution is 0.102. The van der Waals surface area contributed by atoms with Crippen LogP contribution in [0, 0.1) is 0 Å². The van der Waals surface area contributed by atoms with Crippen LogP contribution in [0.5, 0.6) is 0 Å². The summed E-state index contributed by atoms with van der Waals surface area (Å²) in [6.45, 7) is 0.847. The molecule has 1 amide bonds. The maximum Gasteiger partial charge on any atom is 0.269 e. The molecule has 5 rings (SSSR count). The van der Waals surface area contributed by atoms with Crippen molar-refractivity contribution in [1.82, 2.24) is 9.55 Å². The fraction of sp³-hybridized carbons (Fsp3) is 0.360. The molecule has 1 aromatic heterocycles. The molecule has 0 aliphatic carbocycles. The summed E-state index contributed by atoms with van der Waals surface area (Å²) in [5.41, 5.74) is 3.22. The van der Waals surface area contributed by atoms with Crippen molar-refractivity contribution in [2.45, 2.75) is 32.2 Å². The predicted octanol–water partition coefficient (Wildman–Crippen LogP) is 3.72. The average molecular weight is 532 g/mol. The van der Waals surface area contributed by atoms with Crippen LogP contribution in [0.4, 0.5) is 25.8 Å². The molecule has 196 valence electrons. The van der Waals surface area contributed by atoms with Crippen molar-refractivity contribution < 1.29 is 27.1 Å². The van der Waals surface area contributed by atoms with Crippen molar-refractivity contribution in [3.63, 3.8) is 0 Å². The van der Waals surface area contributed by atoms with Gasteiger partial charge in [-0.3, -0.25) is 9.52 Å². The van der Waals surface area contributed by atoms with Gasteiger partial charge in [-0.25, -0.2) is 13.4 Å². The Labute approximate surface area is 212 Å². The van der Waals surface area contributed by atoms with Crippen molar-refractivity contribution in [3.05, 3.63) is 59.4 Å². The molecule has 1 saturated heterocycles. The van der Waals surface area contributed by atoms with E-state index in [0.29, 0.717) is 16.9 Å². The zero-order valence-electron chi connectivity index (χ0n) is 20.0. The van der Waals surface area contributed by atoms with Crippen molar-refractivity contribution in [2.24, 2.45) is 0 Å². The van der Waals surface area contributed by atoms with Gasteiger partial charge < -0.3 is 19.9 Å². The number of fused-ring (bicyclic) bond motifs is 3. The highest BCUT2D eigenvalue weighted by atomic mass is 32.2. The molecular formula is C25H27F2N5O4S. The summed E-state index contributed by atoms with van der Waals surface area (Å²) >= 11 is 0. The Morgan fingerprint density at radius 1 is 1.08 bits per heavy atom. The van der Waals surface area contributed by atoms with Crippen molar-refractivity contribution in [2.75, 3.05) is 40.4 Å². The first-order valence-electron chi connectivity index (χ1n) is 12.1. The molecule has 2 aromatic carbocycles. The van der Waals surface area contributed by atoms with E-state index in [2.05, 4.69) is 14.6 Å². The van der Waals surface area contributed by atoms with Crippen LogP contribution >= 0.6 is 0 Å². The number of piperidine rings is 1. The monoisotopic (exact) mass is 531 g/mol. The number of sulfonamides is 1. The fourth-order valence-electron chi connectivity index (χ4n) is 4.93. The van der Waals surface area contributed by atoms with Gasteiger partial charge in [0.1, 0.15) is 11.3 Å². The third-order valence-electron chi connectivity index (χ3n) is 6.74. The number of halogens is 2. The maximum absolute atomic E-state index is 13.5. The molecule has 3 N–H and O–H groups in total. The lowest BCUT2D eigenvalue weighted by Crippen LogP contribution is -2.32. The van der Waals surface area contributed by atoms with Gasteiger partial charge in [-0.05, 0) is 55.2 Å². The Balaban J connectivity index is 1.47. The number of hydrogen-bond acceptors (Lipinski definition) is 6. The van der Waals surface area contributed by atoms with E-state index in [1.54, 1.807) is 11.0 Å². The second-order valence-corrected chi connectivity index (χ2v) is 11.0. The molecule has 2 aliphatic rings. The molecular weight excluding hydrogens is 504 g/mol. The minimum Gasteiger partial charge on any atom is -0.395 e. The molecule has 0 spiro atoms. The van der Waals surface area contributed by atoms with E-state index in [9.17, 15) is 22.0 Å². The first-order valence-corrected chi connectivity index (χ1v) is 13.7. The predicted molar refractivity (Wildman–Crippen MR) is 138 cm³/mol. The van der Waals surface area contributed by atoms with Gasteiger partial charge in [-0.1, -0.05) is 6.07 Å². The minimum atomic E-state index is -3.79. The van der Waals surface area contributed by atoms with Gasteiger partial charge in [0.2, 0.25) is 10.0 Å². The zero-order chi connectivity index (χ0) is 26.2. The molecule has 0 saturated carbocycles. The van der Waals surface area contributed by atoms with Crippen molar-refractivity contribution in [1.29, 1.82) is 0 Å². The smallest absolute Gasteiger partial charge is 0.269 e. The van der Waals surface area contributed by atoms with E-state index in [1.165, 1.54) is 18.2 Å². The third kappa shape index (κ3) is 5.16. The largest absolute Gasteiger partial charge is 0.395 e. The summed E-state index contributed by atoms with van der Waals surface area (Å²) in [6, 6.07) is 10.1. The summed E-state index contributed by atoms with van der Waals surface area (Å²) in [5.74, 6) is 0.0873. The van der Waals surface area contributed by atoms with E-state index < -0.39 is 34.4 Å². The Morgan fingerprint density at radius 2 is 1.86 bits per heavy atom. The highest BCUT2D eigenvalue weighted by Gasteiger charge is 2.25. The summed E-state index contributed by atoms with van der Waals surface area (Å²) in [5, 5.41) is 12.0. The van der Waals surface area contributed by atoms with E-state index in [4.69, 9.17) is 10.1 Å². The number of benzene rings is 2. The Morgan fingerprint density at radius 3 is 2.59 bits per heavy atom. The number of nitrogens with zero attached hydrogens (tertiary/aromatic N) is 3. The molecule has 0 radical (unpaired) electrons. The summed E-state index contributed by atoms with van der Waals surface area (Å²) in [4.78, 5) is 20.0. The second-order valence-electron chi connectivity index (χ2n) is 9.14. The number of anilines is 3. The van der Waals surface area contributed by atoms with Gasteiger partial charge in [-0.2, -0.15) is 8.78 Å². The molecule has 3 heterocycles. The number of nitrogens with one attached hydrogen (secondary N) is 2. The fourth-order valence-corrected chi connectivity index (χ4v) is 5.76. The average Bonchev–Trinajstić information content (AvgIpc) is 3.46. The summed E-state index contributed by atoms with van der Waals surface area (Å²) < 4.78 is 55.1. The van der Waals surface area contributed by atoms with Gasteiger partial charge in [0.15, 0.2) is 0 Å². The zero-order valence-corrected chi connectivity index (χ0v) is 20.8. The molecule has 0 unspecified atom stereocenters. The molecule has 3 aromatic rings. The minimum absolute atomic E-state index is 0.0848. The van der Waals surface area contributed by atoms with Crippen LogP contribution in [0.1, 0.15) is 35.4 Å². The SMILES string of the molecule is O=C(Nc1cccc2c1nc1n2CCC1)c1ccc(NS(=O)(=O)CCO)cc1N1CCC(=C(F)F)CC1. The Kier molecular flexibility index (Phi) is 6.86. The van der Waals surface area contributed by atoms with Gasteiger partial charge in [0, 0.05) is 26.1 Å². The number of aliphatic hydroxyl groups is 1. The normalized spacial score (nSPS) is 15.6. The molecule has 2 aliphatic heterocycles. The van der Waals surface area contributed by atoms with E-state index in [0.717, 1.165) is 30.7 Å². The van der Waals surface area contributed by atoms with E-state index in [1.807, 2.05) is 12.1 Å². The Hall–Kier alpha value is -3.51. The summed E-state index contributed by atoms with van der Waals surface area (Å²) in [7, 11) is -3.79. The van der Waals surface area contributed by atoms with Crippen LogP contribution < -0.4 is 14.9 Å². The second kappa shape index (κ2) is 10.1. The van der Waals surface area contributed by atoms with Gasteiger partial charge in [0.25, 0.3) is 12.0 Å². The quantitative estimate of drug-likeness (QED) is 0.428. The summed E-state index contributed by atoms with van der Waals surface area (Å²) in [6.07, 6.45) is 0.520. The number of aryl methyl sites for hydroxylation is 2. The van der Waals surface area contributed by atoms with Crippen LogP contribution in [-0.4, -0.2) is 54.4 Å². The maximum atomic E-state index is 13.5. The van der Waals surface area contributed by atoms with E-state index in [-0.39, 0.29) is 42.8 Å². The number of carbonyl (C=O) groups is 1. The molecule has 12 heteroatoms. The third-order valence-corrected chi connectivity index (χ3v) is 8.01. The van der Waals surface area contributed by atoms with Crippen LogP contribution in [0.3, 0.4) is 0 Å². The first-order chi connectivity index (χ1) is 17.8. The molecule has 1 fully saturated rings. The molecule has 0 atom stereocenters. The van der Waals surface area contributed by atoms with Gasteiger partial charge in [0.05, 0.1) is 40.5 Å². The number of aromatic nitrogens is 2. The number of imidazole rings is 1. The van der Waals surface area contributed by atoms with E-state index >= 15 is 0 Å². The first kappa shape index (κ1) is 25.2. The Bertz CT molecular complexity index is 1490. The number of hydrogen-bond donors (Lipinski definition) is 3. The van der Waals surface area contributed by atoms with Crippen molar-refractivity contribution in [3.8, 4) is 0 Å². The highest BCUT2D eigenvalue weighted by Crippen LogP contribution is 2.33. The number of aliphatic hydroxyl groups excluding tert-OH is 1. The lowest BCUT2D eigenvalue weighted by atomic mass is 10.0. The molecule has 9 nitrogen and oxygen atoms in total. The van der Waals surface area contributed by atoms with Crippen LogP contribution in [0.25, 0.3) is 11.0 Å². The topological polar surface area (TPSA) is 117 Å². The highest BCUT2D eigenvalue weighted by molar-refractivity contribution is 7.92. The van der Waals surface area contributed by atoms with Gasteiger partial charge >= 0.3 is 0 Å². The number of carbonyl (C=O) groups excluding carboxylic acids is 1.